The molecular weight excluding hydrogens is 472 g/mol. The molecule has 3 aromatic rings. The van der Waals surface area contributed by atoms with Gasteiger partial charge in [0.05, 0.1) is 32.3 Å². The van der Waals surface area contributed by atoms with E-state index in [0.717, 1.165) is 29.0 Å². The number of hydroxylamine groups is 1. The summed E-state index contributed by atoms with van der Waals surface area (Å²) in [6.07, 6.45) is 3.44. The van der Waals surface area contributed by atoms with Crippen molar-refractivity contribution in [1.82, 2.24) is 10.0 Å². The Bertz CT molecular complexity index is 1210. The zero-order valence-electron chi connectivity index (χ0n) is 21.7. The summed E-state index contributed by atoms with van der Waals surface area (Å²) in [6.45, 7) is 4.56. The first-order chi connectivity index (χ1) is 17.8. The van der Waals surface area contributed by atoms with Crippen LogP contribution in [0.25, 0.3) is 16.8 Å². The lowest BCUT2D eigenvalue weighted by atomic mass is 10.0. The Kier molecular flexibility index (Phi) is 9.55. The number of nitrogens with zero attached hydrogens (tertiary/aromatic N) is 3. The lowest BCUT2D eigenvalue weighted by molar-refractivity contribution is -0.152. The number of benzene rings is 2. The summed E-state index contributed by atoms with van der Waals surface area (Å²) in [5.74, 6) is 1.48. The van der Waals surface area contributed by atoms with Crippen LogP contribution in [0.5, 0.6) is 11.5 Å². The number of carbonyl (C=O) groups excluding carboxylic acids is 1. The van der Waals surface area contributed by atoms with Crippen LogP contribution in [0.3, 0.4) is 0 Å². The average Bonchev–Trinajstić information content (AvgIpc) is 3.25. The van der Waals surface area contributed by atoms with E-state index in [9.17, 15) is 10.1 Å². The van der Waals surface area contributed by atoms with Crippen molar-refractivity contribution >= 4 is 11.7 Å². The number of carbonyl (C=O) groups is 1. The summed E-state index contributed by atoms with van der Waals surface area (Å²) < 4.78 is 17.7. The second kappa shape index (κ2) is 12.8. The number of hydrogen-bond donors (Lipinski definition) is 1. The highest BCUT2D eigenvalue weighted by molar-refractivity contribution is 5.78. The first kappa shape index (κ1) is 27.6. The Morgan fingerprint density at radius 2 is 1.73 bits per heavy atom. The highest BCUT2D eigenvalue weighted by Gasteiger charge is 2.21. The van der Waals surface area contributed by atoms with Crippen LogP contribution in [0.1, 0.15) is 38.7 Å². The Balaban J connectivity index is 1.57. The second-order valence-electron chi connectivity index (χ2n) is 9.04. The van der Waals surface area contributed by atoms with E-state index in [1.807, 2.05) is 68.6 Å². The highest BCUT2D eigenvalue weighted by atomic mass is 16.7. The molecule has 1 amide bonds. The van der Waals surface area contributed by atoms with Crippen LogP contribution < -0.4 is 20.7 Å². The summed E-state index contributed by atoms with van der Waals surface area (Å²) in [4.78, 5) is 17.0. The Morgan fingerprint density at radius 3 is 2.35 bits per heavy atom. The number of nitrogen functional groups attached to an aromatic ring is 1. The molecule has 9 heteroatoms. The molecule has 1 radical (unpaired) electrons. The van der Waals surface area contributed by atoms with Gasteiger partial charge in [-0.25, -0.2) is 4.84 Å². The van der Waals surface area contributed by atoms with Gasteiger partial charge >= 0.3 is 0 Å². The van der Waals surface area contributed by atoms with E-state index < -0.39 is 5.60 Å². The van der Waals surface area contributed by atoms with Gasteiger partial charge in [-0.05, 0) is 68.7 Å². The van der Waals surface area contributed by atoms with Gasteiger partial charge in [0.15, 0.2) is 0 Å². The van der Waals surface area contributed by atoms with Crippen LogP contribution in [-0.2, 0) is 14.4 Å². The first-order valence-corrected chi connectivity index (χ1v) is 12.0. The second-order valence-corrected chi connectivity index (χ2v) is 9.04. The molecule has 1 heterocycles. The molecule has 0 aliphatic carbocycles. The molecule has 2 N–H and O–H groups in total. The Morgan fingerprint density at radius 1 is 1.05 bits per heavy atom. The van der Waals surface area contributed by atoms with Crippen molar-refractivity contribution in [1.29, 1.82) is 5.26 Å². The minimum absolute atomic E-state index is 0.195. The number of ether oxygens (including phenoxy) is 3. The monoisotopic (exact) mass is 505 g/mol. The molecule has 0 atom stereocenters. The lowest BCUT2D eigenvalue weighted by Gasteiger charge is -2.22. The molecule has 0 spiro atoms. The molecule has 3 rings (SSSR count). The summed E-state index contributed by atoms with van der Waals surface area (Å²) >= 11 is 0. The quantitative estimate of drug-likeness (QED) is 0.265. The largest absolute Gasteiger partial charge is 0.497 e. The number of methoxy groups -OCH3 is 2. The van der Waals surface area contributed by atoms with Gasteiger partial charge in [-0.15, -0.1) is 0 Å². The van der Waals surface area contributed by atoms with E-state index in [-0.39, 0.29) is 12.3 Å². The summed E-state index contributed by atoms with van der Waals surface area (Å²) in [6, 6.07) is 17.2. The van der Waals surface area contributed by atoms with Gasteiger partial charge in [-0.3, -0.25) is 4.79 Å². The molecule has 37 heavy (non-hydrogen) atoms. The fourth-order valence-corrected chi connectivity index (χ4v) is 3.69. The van der Waals surface area contributed by atoms with Gasteiger partial charge in [-0.2, -0.15) is 5.26 Å². The van der Waals surface area contributed by atoms with E-state index >= 15 is 0 Å². The summed E-state index contributed by atoms with van der Waals surface area (Å²) in [5, 5.41) is 9.71. The van der Waals surface area contributed by atoms with Crippen LogP contribution in [0.4, 0.5) is 5.82 Å². The molecule has 0 saturated carbocycles. The molecule has 1 aromatic heterocycles. The van der Waals surface area contributed by atoms with Crippen molar-refractivity contribution in [3.8, 4) is 34.4 Å². The molecule has 9 nitrogen and oxygen atoms in total. The summed E-state index contributed by atoms with van der Waals surface area (Å²) in [5.41, 5.74) is 12.3. The third-order valence-electron chi connectivity index (χ3n) is 5.78. The van der Waals surface area contributed by atoms with Gasteiger partial charge in [0.2, 0.25) is 0 Å². The maximum Gasteiger partial charge on any atom is 0.271 e. The zero-order valence-corrected chi connectivity index (χ0v) is 21.7. The number of hydrogen-bond acceptors (Lipinski definition) is 7. The molecular formula is C28H33N4O5. The predicted octanol–water partition coefficient (Wildman–Crippen LogP) is 4.64. The number of anilines is 1. The van der Waals surface area contributed by atoms with Crippen LogP contribution in [0.2, 0.25) is 0 Å². The van der Waals surface area contributed by atoms with Crippen LogP contribution in [-0.4, -0.2) is 43.5 Å². The van der Waals surface area contributed by atoms with Crippen LogP contribution in [0, 0.1) is 11.3 Å². The maximum absolute atomic E-state index is 11.6. The number of nitrogens with two attached hydrogens (primary N) is 1. The number of rotatable bonds is 13. The Labute approximate surface area is 217 Å². The van der Waals surface area contributed by atoms with Gasteiger partial charge in [0.25, 0.3) is 5.91 Å². The van der Waals surface area contributed by atoms with Crippen LogP contribution >= 0.6 is 0 Å². The van der Waals surface area contributed by atoms with Crippen molar-refractivity contribution < 1.29 is 23.8 Å². The van der Waals surface area contributed by atoms with E-state index in [1.54, 1.807) is 11.7 Å². The number of aromatic nitrogens is 1. The van der Waals surface area contributed by atoms with E-state index in [0.29, 0.717) is 36.8 Å². The predicted molar refractivity (Wildman–Crippen MR) is 140 cm³/mol. The molecule has 0 saturated heterocycles. The topological polar surface area (TPSA) is 123 Å². The fourth-order valence-electron chi connectivity index (χ4n) is 3.69. The molecule has 0 unspecified atom stereocenters. The van der Waals surface area contributed by atoms with E-state index in [4.69, 9.17) is 24.8 Å². The minimum atomic E-state index is -0.581. The maximum atomic E-state index is 11.6. The smallest absolute Gasteiger partial charge is 0.271 e. The fraction of sp³-hybridized carbons (Fsp3) is 0.357. The third-order valence-corrected chi connectivity index (χ3v) is 5.78. The molecule has 0 aliphatic rings. The SMILES string of the molecule is COCCC(=O)[N]OC(C)(C)CCCOc1ccc(-n2cc(-c3ccc(OC)cc3)c(C#N)c2N)cc1. The molecule has 2 aromatic carbocycles. The van der Waals surface area contributed by atoms with E-state index in [1.165, 1.54) is 7.11 Å². The Hall–Kier alpha value is -4.00. The van der Waals surface area contributed by atoms with Crippen molar-refractivity contribution in [2.75, 3.05) is 33.2 Å². The average molecular weight is 506 g/mol. The van der Waals surface area contributed by atoms with Gasteiger partial charge in [0.1, 0.15) is 28.9 Å². The summed E-state index contributed by atoms with van der Waals surface area (Å²) in [7, 11) is 3.14. The minimum Gasteiger partial charge on any atom is -0.497 e. The highest BCUT2D eigenvalue weighted by Crippen LogP contribution is 2.33. The first-order valence-electron chi connectivity index (χ1n) is 12.0. The lowest BCUT2D eigenvalue weighted by Crippen LogP contribution is -2.32. The normalized spacial score (nSPS) is 11.1. The van der Waals surface area contributed by atoms with Crippen molar-refractivity contribution in [2.45, 2.75) is 38.7 Å². The van der Waals surface area contributed by atoms with Gasteiger partial charge < -0.3 is 24.5 Å². The molecule has 0 fully saturated rings. The third kappa shape index (κ3) is 7.49. The van der Waals surface area contributed by atoms with Crippen LogP contribution in [0.15, 0.2) is 54.7 Å². The molecule has 0 aliphatic heterocycles. The standard InChI is InChI=1S/C28H33N4O5/c1-28(2,37-31-26(33)14-17-34-3)15-5-16-36-23-12-8-21(9-13-23)32-19-25(24(18-29)27(32)30)20-6-10-22(35-4)11-7-20/h6-13,19H,5,14-17,30H2,1-4H3. The van der Waals surface area contributed by atoms with E-state index in [2.05, 4.69) is 11.5 Å². The van der Waals surface area contributed by atoms with Gasteiger partial charge in [0, 0.05) is 24.6 Å². The zero-order chi connectivity index (χ0) is 26.8. The number of amides is 1. The molecule has 0 bridgehead atoms. The van der Waals surface area contributed by atoms with Crippen molar-refractivity contribution in [2.24, 2.45) is 0 Å². The van der Waals surface area contributed by atoms with Crippen molar-refractivity contribution in [3.05, 3.63) is 60.3 Å². The number of nitriles is 1. The molecule has 195 valence electrons. The van der Waals surface area contributed by atoms with Gasteiger partial charge in [-0.1, -0.05) is 17.6 Å². The van der Waals surface area contributed by atoms with Crippen molar-refractivity contribution in [3.63, 3.8) is 0 Å².